The lowest BCUT2D eigenvalue weighted by molar-refractivity contribution is -0.138. The number of benzene rings is 3. The standard InChI is InChI=1S/C33H23FN2O6S/c1-2-41-32(40)27-28(20-6-4-3-5-7-20)35-33-36(29(27)21-12-14-23(34)15-13-21)30(37)26(43-33)18-24-16-17-25(42-24)19-8-10-22(11-9-19)31(38)39/h3-18,29H,2H2,1H3,(H,38,39)/b26-18-. The van der Waals surface area contributed by atoms with Crippen molar-refractivity contribution in [2.24, 2.45) is 4.99 Å². The van der Waals surface area contributed by atoms with E-state index >= 15 is 0 Å². The third-order valence-corrected chi connectivity index (χ3v) is 7.86. The molecular formula is C33H23FN2O6S. The Hall–Kier alpha value is -5.35. The smallest absolute Gasteiger partial charge is 0.338 e. The Balaban J connectivity index is 1.52. The molecule has 2 aromatic heterocycles. The minimum absolute atomic E-state index is 0.116. The predicted molar refractivity (Wildman–Crippen MR) is 159 cm³/mol. The van der Waals surface area contributed by atoms with Crippen LogP contribution < -0.4 is 14.9 Å². The van der Waals surface area contributed by atoms with Crippen molar-refractivity contribution in [1.29, 1.82) is 0 Å². The molecule has 43 heavy (non-hydrogen) atoms. The first-order valence-corrected chi connectivity index (χ1v) is 14.1. The number of carboxylic acids is 1. The average molecular weight is 595 g/mol. The SMILES string of the molecule is CCOC(=O)C1=C(c2ccccc2)N=c2s/c(=C\c3ccc(-c4ccc(C(=O)O)cc4)o3)c(=O)n2C1c1ccc(F)cc1. The largest absolute Gasteiger partial charge is 0.478 e. The molecule has 5 aromatic rings. The molecule has 0 saturated carbocycles. The molecule has 0 spiro atoms. The first kappa shape index (κ1) is 27.8. The molecule has 0 fully saturated rings. The molecule has 0 aliphatic carbocycles. The van der Waals surface area contributed by atoms with E-state index in [0.29, 0.717) is 43.2 Å². The van der Waals surface area contributed by atoms with E-state index in [-0.39, 0.29) is 17.7 Å². The Morgan fingerprint density at radius 3 is 2.40 bits per heavy atom. The number of carboxylic acid groups (broad SMARTS) is 1. The molecule has 10 heteroatoms. The summed E-state index contributed by atoms with van der Waals surface area (Å²) in [6.07, 6.45) is 1.59. The highest BCUT2D eigenvalue weighted by Gasteiger charge is 2.35. The summed E-state index contributed by atoms with van der Waals surface area (Å²) in [5.41, 5.74) is 2.15. The van der Waals surface area contributed by atoms with Crippen molar-refractivity contribution >= 4 is 35.0 Å². The van der Waals surface area contributed by atoms with Gasteiger partial charge in [-0.1, -0.05) is 65.9 Å². The van der Waals surface area contributed by atoms with Gasteiger partial charge in [0, 0.05) is 17.2 Å². The van der Waals surface area contributed by atoms with Crippen LogP contribution in [-0.2, 0) is 9.53 Å². The van der Waals surface area contributed by atoms with Crippen LogP contribution in [0.4, 0.5) is 4.39 Å². The normalized spacial score (nSPS) is 14.7. The van der Waals surface area contributed by atoms with Gasteiger partial charge in [0.1, 0.15) is 17.3 Å². The summed E-state index contributed by atoms with van der Waals surface area (Å²) in [6.45, 7) is 1.81. The molecule has 6 rings (SSSR count). The van der Waals surface area contributed by atoms with Gasteiger partial charge >= 0.3 is 11.9 Å². The topological polar surface area (TPSA) is 111 Å². The van der Waals surface area contributed by atoms with Crippen LogP contribution in [0.15, 0.2) is 111 Å². The summed E-state index contributed by atoms with van der Waals surface area (Å²) in [6, 6.07) is 23.6. The van der Waals surface area contributed by atoms with Gasteiger partial charge in [-0.2, -0.15) is 0 Å². The number of esters is 1. The molecular weight excluding hydrogens is 571 g/mol. The van der Waals surface area contributed by atoms with Crippen LogP contribution in [0.2, 0.25) is 0 Å². The maximum Gasteiger partial charge on any atom is 0.338 e. The molecule has 3 aromatic carbocycles. The van der Waals surface area contributed by atoms with Crippen LogP contribution in [0.5, 0.6) is 0 Å². The number of halogens is 1. The van der Waals surface area contributed by atoms with E-state index in [1.165, 1.54) is 28.8 Å². The third kappa shape index (κ3) is 5.35. The van der Waals surface area contributed by atoms with Crippen LogP contribution in [0.3, 0.4) is 0 Å². The van der Waals surface area contributed by atoms with Crippen molar-refractivity contribution in [2.75, 3.05) is 6.61 Å². The number of carbonyl (C=O) groups excluding carboxylic acids is 1. The second kappa shape index (κ2) is 11.5. The minimum atomic E-state index is -1.03. The van der Waals surface area contributed by atoms with Crippen LogP contribution in [0.25, 0.3) is 23.1 Å². The maximum absolute atomic E-state index is 14.0. The monoisotopic (exact) mass is 594 g/mol. The lowest BCUT2D eigenvalue weighted by Crippen LogP contribution is -2.40. The summed E-state index contributed by atoms with van der Waals surface area (Å²) in [4.78, 5) is 43.7. The predicted octanol–water partition coefficient (Wildman–Crippen LogP) is 5.03. The van der Waals surface area contributed by atoms with Crippen LogP contribution >= 0.6 is 11.3 Å². The van der Waals surface area contributed by atoms with Gasteiger partial charge in [-0.05, 0) is 48.9 Å². The van der Waals surface area contributed by atoms with Crippen molar-refractivity contribution in [3.8, 4) is 11.3 Å². The highest BCUT2D eigenvalue weighted by molar-refractivity contribution is 7.07. The number of carbonyl (C=O) groups is 2. The van der Waals surface area contributed by atoms with Crippen molar-refractivity contribution in [1.82, 2.24) is 4.57 Å². The van der Waals surface area contributed by atoms with Gasteiger partial charge < -0.3 is 14.3 Å². The molecule has 0 saturated heterocycles. The zero-order valence-corrected chi connectivity index (χ0v) is 23.5. The molecule has 1 aliphatic rings. The first-order valence-electron chi connectivity index (χ1n) is 13.3. The fraction of sp³-hybridized carbons (Fsp3) is 0.0909. The van der Waals surface area contributed by atoms with E-state index < -0.39 is 29.4 Å². The molecule has 8 nitrogen and oxygen atoms in total. The van der Waals surface area contributed by atoms with Crippen molar-refractivity contribution in [2.45, 2.75) is 13.0 Å². The van der Waals surface area contributed by atoms with E-state index in [4.69, 9.17) is 19.3 Å². The van der Waals surface area contributed by atoms with Crippen LogP contribution in [0, 0.1) is 5.82 Å². The van der Waals surface area contributed by atoms with E-state index in [9.17, 15) is 18.8 Å². The molecule has 1 aliphatic heterocycles. The van der Waals surface area contributed by atoms with Gasteiger partial charge in [0.25, 0.3) is 5.56 Å². The Labute approximate surface area is 248 Å². The Kier molecular flexibility index (Phi) is 7.43. The number of furan rings is 1. The second-order valence-electron chi connectivity index (χ2n) is 9.57. The zero-order chi connectivity index (χ0) is 30.1. The second-order valence-corrected chi connectivity index (χ2v) is 10.6. The number of hydrogen-bond acceptors (Lipinski definition) is 7. The van der Waals surface area contributed by atoms with Crippen LogP contribution in [-0.4, -0.2) is 28.2 Å². The maximum atomic E-state index is 14.0. The number of ether oxygens (including phenoxy) is 1. The molecule has 1 N–H and O–H groups in total. The quantitative estimate of drug-likeness (QED) is 0.265. The van der Waals surface area contributed by atoms with Gasteiger partial charge in [0.2, 0.25) is 0 Å². The van der Waals surface area contributed by atoms with Gasteiger partial charge in [-0.25, -0.2) is 19.0 Å². The Morgan fingerprint density at radius 2 is 1.72 bits per heavy atom. The number of aromatic nitrogens is 1. The molecule has 0 radical (unpaired) electrons. The number of rotatable bonds is 7. The fourth-order valence-corrected chi connectivity index (χ4v) is 5.87. The molecule has 0 amide bonds. The van der Waals surface area contributed by atoms with Gasteiger partial charge in [0.15, 0.2) is 4.80 Å². The third-order valence-electron chi connectivity index (χ3n) is 6.88. The van der Waals surface area contributed by atoms with Gasteiger partial charge in [-0.3, -0.25) is 9.36 Å². The number of nitrogens with zero attached hydrogens (tertiary/aromatic N) is 2. The number of thiazole rings is 1. The number of fused-ring (bicyclic) bond motifs is 1. The zero-order valence-electron chi connectivity index (χ0n) is 22.7. The van der Waals surface area contributed by atoms with Gasteiger partial charge in [-0.15, -0.1) is 0 Å². The number of hydrogen-bond donors (Lipinski definition) is 1. The molecule has 1 atom stereocenters. The van der Waals surface area contributed by atoms with Crippen molar-refractivity contribution < 1.29 is 28.2 Å². The summed E-state index contributed by atoms with van der Waals surface area (Å²) in [5, 5.41) is 9.16. The van der Waals surface area contributed by atoms with Crippen molar-refractivity contribution in [3.63, 3.8) is 0 Å². The Bertz CT molecular complexity index is 2060. The summed E-state index contributed by atoms with van der Waals surface area (Å²) in [7, 11) is 0. The van der Waals surface area contributed by atoms with Crippen molar-refractivity contribution in [3.05, 3.63) is 145 Å². The molecule has 0 bridgehead atoms. The van der Waals surface area contributed by atoms with Gasteiger partial charge in [0.05, 0.1) is 34.0 Å². The average Bonchev–Trinajstić information content (AvgIpc) is 3.61. The Morgan fingerprint density at radius 1 is 1.00 bits per heavy atom. The molecule has 3 heterocycles. The summed E-state index contributed by atoms with van der Waals surface area (Å²) < 4.78 is 27.1. The number of aromatic carboxylic acids is 1. The fourth-order valence-electron chi connectivity index (χ4n) is 4.89. The van der Waals surface area contributed by atoms with E-state index in [1.807, 2.05) is 30.3 Å². The lowest BCUT2D eigenvalue weighted by atomic mass is 9.93. The molecule has 1 unspecified atom stereocenters. The summed E-state index contributed by atoms with van der Waals surface area (Å²) in [5.74, 6) is -1.21. The molecule has 214 valence electrons. The van der Waals surface area contributed by atoms with E-state index in [1.54, 1.807) is 49.4 Å². The summed E-state index contributed by atoms with van der Waals surface area (Å²) >= 11 is 1.14. The first-order chi connectivity index (χ1) is 20.8. The lowest BCUT2D eigenvalue weighted by Gasteiger charge is -2.25. The highest BCUT2D eigenvalue weighted by Crippen LogP contribution is 2.35. The highest BCUT2D eigenvalue weighted by atomic mass is 32.1. The van der Waals surface area contributed by atoms with Crippen LogP contribution in [0.1, 0.15) is 40.2 Å². The van der Waals surface area contributed by atoms with E-state index in [0.717, 1.165) is 11.3 Å². The minimum Gasteiger partial charge on any atom is -0.478 e. The van der Waals surface area contributed by atoms with E-state index in [2.05, 4.69) is 0 Å².